The molecule has 5 rings (SSSR count). The summed E-state index contributed by atoms with van der Waals surface area (Å²) in [6.45, 7) is 8.95. The van der Waals surface area contributed by atoms with Crippen molar-refractivity contribution in [1.29, 1.82) is 0 Å². The van der Waals surface area contributed by atoms with Crippen molar-refractivity contribution in [3.63, 3.8) is 0 Å². The van der Waals surface area contributed by atoms with Gasteiger partial charge >= 0.3 is 7.12 Å². The first-order chi connectivity index (χ1) is 17.7. The first-order valence-corrected chi connectivity index (χ1v) is 13.8. The van der Waals surface area contributed by atoms with Crippen LogP contribution in [0.4, 0.5) is 5.13 Å². The number of rotatable bonds is 8. The van der Waals surface area contributed by atoms with Crippen LogP contribution in [-0.4, -0.2) is 37.5 Å². The maximum absolute atomic E-state index is 6.34. The van der Waals surface area contributed by atoms with Crippen LogP contribution in [0.15, 0.2) is 71.1 Å². The number of ether oxygens (including phenoxy) is 2. The third kappa shape index (κ3) is 5.18. The third-order valence-corrected chi connectivity index (χ3v) is 8.95. The molecule has 1 aliphatic heterocycles. The van der Waals surface area contributed by atoms with Crippen LogP contribution in [0.5, 0.6) is 11.5 Å². The predicted octanol–water partition coefficient (Wildman–Crippen LogP) is 6.33. The van der Waals surface area contributed by atoms with Crippen molar-refractivity contribution in [1.82, 2.24) is 4.98 Å². The van der Waals surface area contributed by atoms with E-state index in [0.717, 1.165) is 43.3 Å². The highest BCUT2D eigenvalue weighted by Crippen LogP contribution is 2.38. The molecule has 1 aromatic heterocycles. The monoisotopic (exact) mass is 534 g/mol. The van der Waals surface area contributed by atoms with Crippen molar-refractivity contribution in [2.75, 3.05) is 18.5 Å². The molecule has 1 aliphatic rings. The molecule has 9 heteroatoms. The summed E-state index contributed by atoms with van der Waals surface area (Å²) in [6.07, 6.45) is 1.83. The van der Waals surface area contributed by atoms with Gasteiger partial charge in [0.15, 0.2) is 5.13 Å². The summed E-state index contributed by atoms with van der Waals surface area (Å²) in [5.74, 6) is 1.55. The van der Waals surface area contributed by atoms with Gasteiger partial charge in [0, 0.05) is 28.1 Å². The Labute approximate surface area is 227 Å². The van der Waals surface area contributed by atoms with E-state index in [-0.39, 0.29) is 11.2 Å². The van der Waals surface area contributed by atoms with Crippen LogP contribution < -0.4 is 19.2 Å². The first kappa shape index (κ1) is 25.9. The minimum Gasteiger partial charge on any atom is -0.497 e. The number of aromatic nitrogens is 1. The minimum atomic E-state index is -0.401. The molecule has 0 radical (unpaired) electrons. The zero-order chi connectivity index (χ0) is 26.2. The second-order valence-electron chi connectivity index (χ2n) is 9.94. The van der Waals surface area contributed by atoms with Gasteiger partial charge in [-0.3, -0.25) is 4.31 Å². The lowest BCUT2D eigenvalue weighted by molar-refractivity contribution is 0.00578. The number of thiazole rings is 1. The van der Waals surface area contributed by atoms with Crippen LogP contribution in [0, 0.1) is 0 Å². The summed E-state index contributed by atoms with van der Waals surface area (Å²) < 4.78 is 25.9. The molecule has 1 saturated heterocycles. The third-order valence-electron chi connectivity index (χ3n) is 7.05. The Kier molecular flexibility index (Phi) is 7.15. The van der Waals surface area contributed by atoms with Crippen LogP contribution in [0.25, 0.3) is 10.8 Å². The van der Waals surface area contributed by atoms with Crippen LogP contribution in [0.1, 0.15) is 33.3 Å². The van der Waals surface area contributed by atoms with E-state index in [0.29, 0.717) is 6.54 Å². The molecule has 37 heavy (non-hydrogen) atoms. The Bertz CT molecular complexity index is 1380. The molecule has 0 bridgehead atoms. The number of methoxy groups -OCH3 is 2. The minimum absolute atomic E-state index is 0.383. The largest absolute Gasteiger partial charge is 0.497 e. The van der Waals surface area contributed by atoms with Crippen molar-refractivity contribution in [3.05, 3.63) is 71.7 Å². The highest BCUT2D eigenvalue weighted by atomic mass is 32.2. The zero-order valence-electron chi connectivity index (χ0n) is 22.0. The fraction of sp³-hybridized carbons (Fsp3) is 0.321. The Hall–Kier alpha value is -2.72. The molecule has 0 N–H and O–H groups in total. The molecule has 2 heterocycles. The van der Waals surface area contributed by atoms with E-state index >= 15 is 0 Å². The van der Waals surface area contributed by atoms with Crippen molar-refractivity contribution >= 4 is 51.8 Å². The van der Waals surface area contributed by atoms with Gasteiger partial charge in [-0.2, -0.15) is 0 Å². The molecular formula is C28H31BN2O4S2. The van der Waals surface area contributed by atoms with Gasteiger partial charge in [-0.1, -0.05) is 24.3 Å². The summed E-state index contributed by atoms with van der Waals surface area (Å²) in [7, 11) is 2.94. The van der Waals surface area contributed by atoms with Crippen molar-refractivity contribution in [2.24, 2.45) is 0 Å². The first-order valence-electron chi connectivity index (χ1n) is 12.1. The normalized spacial score (nSPS) is 16.2. The molecule has 0 aliphatic carbocycles. The average Bonchev–Trinajstić information content (AvgIpc) is 3.49. The quantitative estimate of drug-likeness (QED) is 0.194. The van der Waals surface area contributed by atoms with Gasteiger partial charge in [0.25, 0.3) is 0 Å². The molecule has 0 spiro atoms. The van der Waals surface area contributed by atoms with Crippen LogP contribution in [0.3, 0.4) is 0 Å². The lowest BCUT2D eigenvalue weighted by Crippen LogP contribution is -2.41. The van der Waals surface area contributed by atoms with Gasteiger partial charge in [0.05, 0.1) is 32.0 Å². The summed E-state index contributed by atoms with van der Waals surface area (Å²) in [6, 6.07) is 18.7. The van der Waals surface area contributed by atoms with E-state index in [2.05, 4.69) is 73.4 Å². The van der Waals surface area contributed by atoms with Crippen molar-refractivity contribution < 1.29 is 18.8 Å². The van der Waals surface area contributed by atoms with E-state index in [1.165, 1.54) is 0 Å². The Morgan fingerprint density at radius 2 is 1.76 bits per heavy atom. The van der Waals surface area contributed by atoms with Gasteiger partial charge in [-0.15, -0.1) is 11.3 Å². The number of nitrogens with zero attached hydrogens (tertiary/aromatic N) is 2. The van der Waals surface area contributed by atoms with Crippen molar-refractivity contribution in [3.8, 4) is 11.5 Å². The number of anilines is 1. The molecule has 0 amide bonds. The second-order valence-corrected chi connectivity index (χ2v) is 11.9. The number of hydrogen-bond donors (Lipinski definition) is 0. The van der Waals surface area contributed by atoms with Crippen LogP contribution in [-0.2, 0) is 15.9 Å². The fourth-order valence-electron chi connectivity index (χ4n) is 4.26. The fourth-order valence-corrected chi connectivity index (χ4v) is 5.94. The molecular weight excluding hydrogens is 503 g/mol. The standard InChI is InChI=1S/C28H31BN2O4S2/c1-27(2)28(3,4)35-29(34-27)24-9-7-8-19-16-22(12-13-23(19)24)37-31(26-30-14-15-36-26)18-20-10-11-21(32-5)17-25(20)33-6/h7-17H,18H2,1-6H3. The van der Waals surface area contributed by atoms with E-state index in [9.17, 15) is 0 Å². The second kappa shape index (κ2) is 10.2. The molecule has 192 valence electrons. The highest BCUT2D eigenvalue weighted by Gasteiger charge is 2.52. The van der Waals surface area contributed by atoms with Crippen LogP contribution >= 0.6 is 23.3 Å². The van der Waals surface area contributed by atoms with Crippen molar-refractivity contribution in [2.45, 2.75) is 50.3 Å². The molecule has 3 aromatic carbocycles. The molecule has 6 nitrogen and oxygen atoms in total. The lowest BCUT2D eigenvalue weighted by atomic mass is 9.76. The molecule has 0 atom stereocenters. The average molecular weight is 535 g/mol. The topological polar surface area (TPSA) is 53.1 Å². The SMILES string of the molecule is COc1ccc(CN(Sc2ccc3c(B4OC(C)(C)C(C)(C)O4)cccc3c2)c2nccs2)c(OC)c1. The van der Waals surface area contributed by atoms with E-state index < -0.39 is 7.12 Å². The summed E-state index contributed by atoms with van der Waals surface area (Å²) in [4.78, 5) is 5.69. The maximum Gasteiger partial charge on any atom is 0.495 e. The molecule has 0 saturated carbocycles. The number of fused-ring (bicyclic) bond motifs is 1. The van der Waals surface area contributed by atoms with E-state index in [4.69, 9.17) is 18.8 Å². The van der Waals surface area contributed by atoms with Crippen LogP contribution in [0.2, 0.25) is 0 Å². The number of benzene rings is 3. The summed E-state index contributed by atoms with van der Waals surface area (Å²) in [5, 5.41) is 5.18. The Morgan fingerprint density at radius 1 is 0.973 bits per heavy atom. The van der Waals surface area contributed by atoms with Gasteiger partial charge in [0.2, 0.25) is 0 Å². The highest BCUT2D eigenvalue weighted by molar-refractivity contribution is 8.00. The summed E-state index contributed by atoms with van der Waals surface area (Å²) >= 11 is 3.26. The van der Waals surface area contributed by atoms with Gasteiger partial charge in [0.1, 0.15) is 11.5 Å². The Morgan fingerprint density at radius 3 is 2.43 bits per heavy atom. The maximum atomic E-state index is 6.34. The van der Waals surface area contributed by atoms with Gasteiger partial charge in [-0.05, 0) is 80.1 Å². The predicted molar refractivity (Wildman–Crippen MR) is 153 cm³/mol. The Balaban J connectivity index is 1.44. The summed E-state index contributed by atoms with van der Waals surface area (Å²) in [5.41, 5.74) is 1.33. The molecule has 1 fully saturated rings. The zero-order valence-corrected chi connectivity index (χ0v) is 23.6. The lowest BCUT2D eigenvalue weighted by Gasteiger charge is -2.32. The smallest absolute Gasteiger partial charge is 0.495 e. The van der Waals surface area contributed by atoms with E-state index in [1.54, 1.807) is 37.5 Å². The molecule has 0 unspecified atom stereocenters. The molecule has 4 aromatic rings. The van der Waals surface area contributed by atoms with Gasteiger partial charge < -0.3 is 18.8 Å². The van der Waals surface area contributed by atoms with Gasteiger partial charge in [-0.25, -0.2) is 4.98 Å². The van der Waals surface area contributed by atoms with E-state index in [1.807, 2.05) is 29.8 Å². The number of hydrogen-bond acceptors (Lipinski definition) is 8.